The fourth-order valence-corrected chi connectivity index (χ4v) is 2.43. The molecule has 0 amide bonds. The molecule has 0 saturated heterocycles. The first-order valence-corrected chi connectivity index (χ1v) is 6.16. The third kappa shape index (κ3) is 2.64. The second kappa shape index (κ2) is 4.69. The van der Waals surface area contributed by atoms with Crippen LogP contribution in [0.4, 0.5) is 0 Å². The zero-order valence-electron chi connectivity index (χ0n) is 8.24. The molecule has 0 aromatic carbocycles. The fourth-order valence-electron chi connectivity index (χ4n) is 1.51. The van der Waals surface area contributed by atoms with Gasteiger partial charge in [-0.1, -0.05) is 0 Å². The van der Waals surface area contributed by atoms with E-state index in [0.29, 0.717) is 6.42 Å². The average molecular weight is 209 g/mol. The molecule has 0 unspecified atom stereocenters. The van der Waals surface area contributed by atoms with Crippen LogP contribution in [0.25, 0.3) is 0 Å². The van der Waals surface area contributed by atoms with Crippen LogP contribution < -0.4 is 0 Å². The Morgan fingerprint density at radius 2 is 2.36 bits per heavy atom. The van der Waals surface area contributed by atoms with Gasteiger partial charge >= 0.3 is 0 Å². The van der Waals surface area contributed by atoms with Gasteiger partial charge in [-0.05, 0) is 32.1 Å². The highest BCUT2D eigenvalue weighted by Crippen LogP contribution is 2.40. The summed E-state index contributed by atoms with van der Waals surface area (Å²) in [6, 6.07) is 0. The number of aromatic nitrogens is 1. The van der Waals surface area contributed by atoms with Gasteiger partial charge in [0.15, 0.2) is 0 Å². The first kappa shape index (κ1) is 9.84. The number of rotatable bonds is 6. The Bertz CT molecular complexity index is 304. The van der Waals surface area contributed by atoms with Gasteiger partial charge in [-0.2, -0.15) is 0 Å². The van der Waals surface area contributed by atoms with E-state index >= 15 is 0 Å². The molecule has 1 aromatic heterocycles. The van der Waals surface area contributed by atoms with Crippen molar-refractivity contribution in [1.82, 2.24) is 4.98 Å². The van der Waals surface area contributed by atoms with Crippen molar-refractivity contribution < 1.29 is 4.79 Å². The van der Waals surface area contributed by atoms with Crippen LogP contribution >= 0.6 is 11.3 Å². The Labute approximate surface area is 88.4 Å². The predicted molar refractivity (Wildman–Crippen MR) is 57.7 cm³/mol. The average Bonchev–Trinajstić information content (AvgIpc) is 2.94. The molecule has 76 valence electrons. The lowest BCUT2D eigenvalue weighted by atomic mass is 10.2. The van der Waals surface area contributed by atoms with Crippen molar-refractivity contribution in [3.63, 3.8) is 0 Å². The van der Waals surface area contributed by atoms with Crippen molar-refractivity contribution in [3.8, 4) is 0 Å². The molecule has 2 nitrogen and oxygen atoms in total. The van der Waals surface area contributed by atoms with E-state index in [9.17, 15) is 4.79 Å². The van der Waals surface area contributed by atoms with E-state index in [1.807, 2.05) is 0 Å². The molecule has 0 aliphatic heterocycles. The van der Waals surface area contributed by atoms with Crippen LogP contribution in [0, 0.1) is 0 Å². The molecule has 0 N–H and O–H groups in total. The van der Waals surface area contributed by atoms with E-state index in [4.69, 9.17) is 0 Å². The molecule has 0 atom stereocenters. The Morgan fingerprint density at radius 3 is 3.07 bits per heavy atom. The molecule has 1 aromatic rings. The first-order valence-electron chi connectivity index (χ1n) is 5.28. The van der Waals surface area contributed by atoms with E-state index < -0.39 is 0 Å². The van der Waals surface area contributed by atoms with Crippen LogP contribution in [0.5, 0.6) is 0 Å². The van der Waals surface area contributed by atoms with Gasteiger partial charge in [-0.15, -0.1) is 11.3 Å². The van der Waals surface area contributed by atoms with Gasteiger partial charge in [-0.3, -0.25) is 0 Å². The summed E-state index contributed by atoms with van der Waals surface area (Å²) in [5.74, 6) is 0.773. The number of hydrogen-bond donors (Lipinski definition) is 0. The van der Waals surface area contributed by atoms with Crippen LogP contribution in [-0.4, -0.2) is 11.3 Å². The number of aldehydes is 1. The monoisotopic (exact) mass is 209 g/mol. The normalized spacial score (nSPS) is 15.7. The van der Waals surface area contributed by atoms with Crippen LogP contribution in [0.1, 0.15) is 48.7 Å². The van der Waals surface area contributed by atoms with Crippen molar-refractivity contribution in [2.24, 2.45) is 0 Å². The lowest BCUT2D eigenvalue weighted by molar-refractivity contribution is -0.107. The SMILES string of the molecule is O=CCCCCc1nc(C2CC2)cs1. The van der Waals surface area contributed by atoms with E-state index in [0.717, 1.165) is 31.5 Å². The predicted octanol–water partition coefficient (Wildman–Crippen LogP) is 2.93. The zero-order chi connectivity index (χ0) is 9.80. The minimum atomic E-state index is 0.695. The third-order valence-electron chi connectivity index (χ3n) is 2.53. The number of carbonyl (C=O) groups excluding carboxylic acids is 1. The van der Waals surface area contributed by atoms with Crippen molar-refractivity contribution in [1.29, 1.82) is 0 Å². The van der Waals surface area contributed by atoms with Gasteiger partial charge in [0.05, 0.1) is 10.7 Å². The molecular weight excluding hydrogens is 194 g/mol. The number of unbranched alkanes of at least 4 members (excludes halogenated alkanes) is 2. The maximum absolute atomic E-state index is 10.1. The van der Waals surface area contributed by atoms with Crippen molar-refractivity contribution in [3.05, 3.63) is 16.1 Å². The van der Waals surface area contributed by atoms with Crippen LogP contribution in [-0.2, 0) is 11.2 Å². The molecule has 0 radical (unpaired) electrons. The molecule has 3 heteroatoms. The van der Waals surface area contributed by atoms with Gasteiger partial charge in [0, 0.05) is 17.7 Å². The van der Waals surface area contributed by atoms with Crippen molar-refractivity contribution in [2.75, 3.05) is 0 Å². The maximum Gasteiger partial charge on any atom is 0.119 e. The minimum Gasteiger partial charge on any atom is -0.303 e. The van der Waals surface area contributed by atoms with Gasteiger partial charge in [0.25, 0.3) is 0 Å². The molecule has 1 aliphatic rings. The molecule has 14 heavy (non-hydrogen) atoms. The van der Waals surface area contributed by atoms with E-state index in [1.165, 1.54) is 23.5 Å². The van der Waals surface area contributed by atoms with Crippen molar-refractivity contribution in [2.45, 2.75) is 44.4 Å². The zero-order valence-corrected chi connectivity index (χ0v) is 9.05. The largest absolute Gasteiger partial charge is 0.303 e. The summed E-state index contributed by atoms with van der Waals surface area (Å²) in [4.78, 5) is 14.7. The summed E-state index contributed by atoms with van der Waals surface area (Å²) in [5.41, 5.74) is 1.31. The summed E-state index contributed by atoms with van der Waals surface area (Å²) >= 11 is 1.78. The lowest BCUT2D eigenvalue weighted by Crippen LogP contribution is -1.86. The van der Waals surface area contributed by atoms with Crippen molar-refractivity contribution >= 4 is 17.6 Å². The smallest absolute Gasteiger partial charge is 0.119 e. The third-order valence-corrected chi connectivity index (χ3v) is 3.45. The van der Waals surface area contributed by atoms with Gasteiger partial charge < -0.3 is 4.79 Å². The van der Waals surface area contributed by atoms with Gasteiger partial charge in [-0.25, -0.2) is 4.98 Å². The van der Waals surface area contributed by atoms with E-state index in [2.05, 4.69) is 10.4 Å². The van der Waals surface area contributed by atoms with E-state index in [-0.39, 0.29) is 0 Å². The van der Waals surface area contributed by atoms with Gasteiger partial charge in [0.2, 0.25) is 0 Å². The topological polar surface area (TPSA) is 30.0 Å². The Morgan fingerprint density at radius 1 is 1.50 bits per heavy atom. The Hall–Kier alpha value is -0.700. The highest BCUT2D eigenvalue weighted by atomic mass is 32.1. The lowest BCUT2D eigenvalue weighted by Gasteiger charge is -1.93. The number of nitrogens with zero attached hydrogens (tertiary/aromatic N) is 1. The maximum atomic E-state index is 10.1. The summed E-state index contributed by atoms with van der Waals surface area (Å²) in [6.45, 7) is 0. The number of carbonyl (C=O) groups is 1. The number of aryl methyl sites for hydroxylation is 1. The Balaban J connectivity index is 1.75. The highest BCUT2D eigenvalue weighted by molar-refractivity contribution is 7.09. The highest BCUT2D eigenvalue weighted by Gasteiger charge is 2.25. The standard InChI is InChI=1S/C11H15NOS/c13-7-3-1-2-4-11-12-10(8-14-11)9-5-6-9/h7-9H,1-6H2. The second-order valence-corrected chi connectivity index (χ2v) is 4.80. The molecule has 1 fully saturated rings. The number of hydrogen-bond acceptors (Lipinski definition) is 3. The quantitative estimate of drug-likeness (QED) is 0.532. The van der Waals surface area contributed by atoms with Gasteiger partial charge in [0.1, 0.15) is 6.29 Å². The molecule has 1 aliphatic carbocycles. The summed E-state index contributed by atoms with van der Waals surface area (Å²) < 4.78 is 0. The summed E-state index contributed by atoms with van der Waals surface area (Å²) in [7, 11) is 0. The molecule has 0 bridgehead atoms. The van der Waals surface area contributed by atoms with Crippen LogP contribution in [0.15, 0.2) is 5.38 Å². The number of thiazole rings is 1. The van der Waals surface area contributed by atoms with E-state index in [1.54, 1.807) is 11.3 Å². The fraction of sp³-hybridized carbons (Fsp3) is 0.636. The Kier molecular flexibility index (Phi) is 3.30. The summed E-state index contributed by atoms with van der Waals surface area (Å²) in [6.07, 6.45) is 7.49. The first-order chi connectivity index (χ1) is 6.90. The summed E-state index contributed by atoms with van der Waals surface area (Å²) in [5, 5.41) is 3.45. The molecule has 2 rings (SSSR count). The second-order valence-electron chi connectivity index (χ2n) is 3.85. The minimum absolute atomic E-state index is 0.695. The van der Waals surface area contributed by atoms with Crippen LogP contribution in [0.3, 0.4) is 0 Å². The van der Waals surface area contributed by atoms with Crippen LogP contribution in [0.2, 0.25) is 0 Å². The molecule has 0 spiro atoms. The molecule has 1 saturated carbocycles. The molecular formula is C11H15NOS. The molecule has 1 heterocycles.